The minimum atomic E-state index is -2.93. The lowest BCUT2D eigenvalue weighted by Gasteiger charge is -2.21. The molecule has 8 rings (SSSR count). The fraction of sp³-hybridized carbons (Fsp3) is 0.400. The van der Waals surface area contributed by atoms with Crippen LogP contribution in [0.2, 0.25) is 0 Å². The predicted octanol–water partition coefficient (Wildman–Crippen LogP) is 6.25. The highest BCUT2D eigenvalue weighted by molar-refractivity contribution is 6.03. The number of ether oxygens (including phenoxy) is 1. The number of alkyl halides is 2. The quantitative estimate of drug-likeness (QED) is 0.0583. The number of carbonyl (C=O) groups is 3. The highest BCUT2D eigenvalue weighted by Gasteiger charge is 2.31. The fourth-order valence-electron chi connectivity index (χ4n) is 7.75. The molecule has 1 atom stereocenters. The van der Waals surface area contributed by atoms with Crippen LogP contribution in [0, 0.1) is 0 Å². The van der Waals surface area contributed by atoms with Crippen molar-refractivity contribution in [3.63, 3.8) is 0 Å². The van der Waals surface area contributed by atoms with Crippen molar-refractivity contribution in [3.05, 3.63) is 106 Å². The molecule has 0 bridgehead atoms. The number of aromatic nitrogens is 6. The van der Waals surface area contributed by atoms with Gasteiger partial charge in [0.1, 0.15) is 18.1 Å². The number of hydrogen-bond acceptors (Lipinski definition) is 11. The Labute approximate surface area is 361 Å². The summed E-state index contributed by atoms with van der Waals surface area (Å²) in [6, 6.07) is 16.6. The van der Waals surface area contributed by atoms with Gasteiger partial charge in [-0.25, -0.2) is 28.2 Å². The van der Waals surface area contributed by atoms with Crippen molar-refractivity contribution in [2.75, 3.05) is 37.0 Å². The third-order valence-corrected chi connectivity index (χ3v) is 11.5. The van der Waals surface area contributed by atoms with Crippen LogP contribution in [0.25, 0.3) is 28.2 Å². The van der Waals surface area contributed by atoms with Crippen molar-refractivity contribution in [3.8, 4) is 17.1 Å². The van der Waals surface area contributed by atoms with Crippen LogP contribution in [0.3, 0.4) is 0 Å². The number of aryl methyl sites for hydroxylation is 2. The van der Waals surface area contributed by atoms with E-state index in [1.165, 1.54) is 21.7 Å². The van der Waals surface area contributed by atoms with Gasteiger partial charge in [0.15, 0.2) is 11.4 Å². The molecule has 63 heavy (non-hydrogen) atoms. The topological polar surface area (TPSA) is 183 Å². The summed E-state index contributed by atoms with van der Waals surface area (Å²) in [6.07, 6.45) is 8.51. The first-order valence-electron chi connectivity index (χ1n) is 21.3. The smallest absolute Gasteiger partial charge is 0.329 e. The number of anilines is 2. The van der Waals surface area contributed by atoms with Crippen LogP contribution in [0.4, 0.5) is 20.3 Å². The van der Waals surface area contributed by atoms with E-state index >= 15 is 0 Å². The summed E-state index contributed by atoms with van der Waals surface area (Å²) in [4.78, 5) is 61.0. The molecule has 3 amide bonds. The lowest BCUT2D eigenvalue weighted by atomic mass is 10.0. The molecule has 1 saturated carbocycles. The predicted molar refractivity (Wildman–Crippen MR) is 231 cm³/mol. The summed E-state index contributed by atoms with van der Waals surface area (Å²) in [5, 5.41) is 12.4. The van der Waals surface area contributed by atoms with E-state index in [0.717, 1.165) is 74.0 Å². The monoisotopic (exact) mass is 864 g/mol. The highest BCUT2D eigenvalue weighted by Crippen LogP contribution is 2.32. The Morgan fingerprint density at radius 3 is 2.52 bits per heavy atom. The number of nitrogens with zero attached hydrogens (tertiary/aromatic N) is 7. The van der Waals surface area contributed by atoms with E-state index < -0.39 is 30.0 Å². The minimum Gasteiger partial charge on any atom is -0.444 e. The molecule has 0 spiro atoms. The van der Waals surface area contributed by atoms with E-state index in [1.54, 1.807) is 36.0 Å². The number of fused-ring (bicyclic) bond motifs is 1. The zero-order valence-corrected chi connectivity index (χ0v) is 35.2. The first-order chi connectivity index (χ1) is 30.5. The summed E-state index contributed by atoms with van der Waals surface area (Å²) >= 11 is 0. The first-order valence-corrected chi connectivity index (χ1v) is 21.3. The Hall–Kier alpha value is -6.53. The van der Waals surface area contributed by atoms with Crippen molar-refractivity contribution in [1.29, 1.82) is 0 Å². The number of benzene rings is 2. The average Bonchev–Trinajstić information content (AvgIpc) is 3.76. The van der Waals surface area contributed by atoms with Gasteiger partial charge >= 0.3 is 5.69 Å². The Morgan fingerprint density at radius 1 is 0.984 bits per heavy atom. The molecule has 1 saturated heterocycles. The van der Waals surface area contributed by atoms with Crippen molar-refractivity contribution >= 4 is 40.3 Å². The molecule has 6 aromatic rings. The van der Waals surface area contributed by atoms with Crippen LogP contribution in [0.1, 0.15) is 91.1 Å². The lowest BCUT2D eigenvalue weighted by molar-refractivity contribution is -0.135. The van der Waals surface area contributed by atoms with Crippen LogP contribution in [0.15, 0.2) is 82.5 Å². The number of imide groups is 1. The van der Waals surface area contributed by atoms with E-state index in [2.05, 4.69) is 35.9 Å². The number of rotatable bonds is 20. The number of pyridine rings is 1. The molecule has 0 radical (unpaired) electrons. The fourth-order valence-corrected chi connectivity index (χ4v) is 7.75. The Kier molecular flexibility index (Phi) is 13.2. The van der Waals surface area contributed by atoms with Crippen LogP contribution in [-0.2, 0) is 34.3 Å². The maximum atomic E-state index is 14.0. The number of halogens is 2. The minimum absolute atomic E-state index is 0.0607. The van der Waals surface area contributed by atoms with E-state index in [-0.39, 0.29) is 35.3 Å². The van der Waals surface area contributed by atoms with Gasteiger partial charge in [-0.15, -0.1) is 0 Å². The van der Waals surface area contributed by atoms with E-state index in [9.17, 15) is 28.0 Å². The number of carbonyl (C=O) groups excluding carboxylic acids is 3. The molecule has 330 valence electrons. The third kappa shape index (κ3) is 10.1. The molecule has 4 aromatic heterocycles. The van der Waals surface area contributed by atoms with Gasteiger partial charge in [0.25, 0.3) is 12.3 Å². The van der Waals surface area contributed by atoms with Crippen molar-refractivity contribution < 1.29 is 32.3 Å². The van der Waals surface area contributed by atoms with Gasteiger partial charge in [-0.3, -0.25) is 28.8 Å². The Morgan fingerprint density at radius 2 is 1.76 bits per heavy atom. The van der Waals surface area contributed by atoms with E-state index in [4.69, 9.17) is 9.15 Å². The second-order valence-corrected chi connectivity index (χ2v) is 16.0. The Bertz CT molecular complexity index is 2650. The standard InChI is InChI=1S/C45H50F2N10O6/c1-54(31-13-14-31)38-24-30(18-20-49-38)44-51-34(27-63-44)42(59)50-33-26-56(53-40(33)41(46)47)32-11-8-29(9-12-32)25-48-19-4-6-22-62-21-5-3-7-28-10-15-35-37(23-28)55(2)45(61)57(35)36-16-17-39(58)52-43(36)60/h8-12,15,18,20,23-24,26-27,31,36,41,48H,3-7,13-14,16-17,19,21-22,25H2,1-2H3,(H,50,59)(H,52,58,60)/t36-/m1/s1. The molecule has 1 aliphatic carbocycles. The number of unbranched alkanes of at least 4 members (excludes halogenated alkanes) is 2. The number of nitrogens with one attached hydrogen (secondary N) is 3. The molecule has 0 unspecified atom stereocenters. The molecule has 2 aliphatic rings. The molecule has 3 N–H and O–H groups in total. The van der Waals surface area contributed by atoms with Gasteiger partial charge in [-0.1, -0.05) is 18.2 Å². The van der Waals surface area contributed by atoms with Crippen molar-refractivity contribution in [2.45, 2.75) is 82.8 Å². The van der Waals surface area contributed by atoms with Gasteiger partial charge in [0, 0.05) is 58.1 Å². The molecular weight excluding hydrogens is 815 g/mol. The molecule has 18 heteroatoms. The summed E-state index contributed by atoms with van der Waals surface area (Å²) in [5.41, 5.74) is 3.73. The summed E-state index contributed by atoms with van der Waals surface area (Å²) in [6.45, 7) is 2.75. The van der Waals surface area contributed by atoms with E-state index in [1.807, 2.05) is 43.4 Å². The molecular formula is C45H50F2N10O6. The zero-order valence-electron chi connectivity index (χ0n) is 35.2. The van der Waals surface area contributed by atoms with Crippen molar-refractivity contribution in [2.24, 2.45) is 7.05 Å². The van der Waals surface area contributed by atoms with Gasteiger partial charge in [0.05, 0.1) is 28.6 Å². The molecule has 5 heterocycles. The summed E-state index contributed by atoms with van der Waals surface area (Å²) in [7, 11) is 3.67. The SMILES string of the molecule is CN(c1cc(-c2nc(C(=O)Nc3cn(-c4ccc(CNCCCCOCCCCc5ccc6c(c5)n(C)c(=O)n6[C@@H]5CCC(=O)NC5=O)cc4)nc3C(F)F)co2)ccn1)C1CC1. The van der Waals surface area contributed by atoms with Gasteiger partial charge in [0.2, 0.25) is 17.7 Å². The maximum absolute atomic E-state index is 14.0. The lowest BCUT2D eigenvalue weighted by Crippen LogP contribution is -2.44. The molecule has 2 fully saturated rings. The van der Waals surface area contributed by atoms with Crippen LogP contribution >= 0.6 is 0 Å². The molecule has 16 nitrogen and oxygen atoms in total. The van der Waals surface area contributed by atoms with Gasteiger partial charge in [-0.05, 0) is 105 Å². The van der Waals surface area contributed by atoms with Crippen molar-refractivity contribution in [1.82, 2.24) is 39.5 Å². The van der Waals surface area contributed by atoms with Crippen LogP contribution in [0.5, 0.6) is 0 Å². The van der Waals surface area contributed by atoms with Gasteiger partial charge in [-0.2, -0.15) is 5.10 Å². The number of hydrogen-bond donors (Lipinski definition) is 3. The number of imidazole rings is 1. The average molecular weight is 865 g/mol. The summed E-state index contributed by atoms with van der Waals surface area (Å²) in [5.74, 6) is -0.477. The maximum Gasteiger partial charge on any atom is 0.329 e. The van der Waals surface area contributed by atoms with Gasteiger partial charge < -0.3 is 24.7 Å². The summed E-state index contributed by atoms with van der Waals surface area (Å²) < 4.78 is 43.9. The third-order valence-electron chi connectivity index (χ3n) is 11.5. The largest absolute Gasteiger partial charge is 0.444 e. The first kappa shape index (κ1) is 43.1. The number of piperidine rings is 1. The van der Waals surface area contributed by atoms with Crippen LogP contribution in [-0.4, -0.2) is 79.5 Å². The molecule has 1 aliphatic heterocycles. The second kappa shape index (κ2) is 19.2. The highest BCUT2D eigenvalue weighted by atomic mass is 19.3. The molecule has 2 aromatic carbocycles. The Balaban J connectivity index is 0.731. The normalized spacial score (nSPS) is 15.3. The van der Waals surface area contributed by atoms with E-state index in [0.29, 0.717) is 49.0 Å². The number of oxazole rings is 1. The van der Waals surface area contributed by atoms with Crippen LogP contribution < -0.4 is 26.5 Å². The number of amides is 3. The zero-order chi connectivity index (χ0) is 44.0. The second-order valence-electron chi connectivity index (χ2n) is 16.0.